The average Bonchev–Trinajstić information content (AvgIpc) is 2.81. The fourth-order valence-corrected chi connectivity index (χ4v) is 1.72. The number of hydrogen-bond donors (Lipinski definition) is 1. The number of nitrogens with two attached hydrogens (primary N) is 1. The van der Waals surface area contributed by atoms with Gasteiger partial charge in [0, 0.05) is 19.2 Å². The van der Waals surface area contributed by atoms with Crippen LogP contribution in [0.15, 0.2) is 41.0 Å². The molecule has 1 heterocycles. The summed E-state index contributed by atoms with van der Waals surface area (Å²) in [6, 6.07) is 8.09. The first-order chi connectivity index (χ1) is 8.58. The van der Waals surface area contributed by atoms with Crippen LogP contribution in [-0.2, 0) is 6.54 Å². The number of nitrogen functional groups attached to an aromatic ring is 1. The van der Waals surface area contributed by atoms with E-state index in [2.05, 4.69) is 0 Å². The lowest BCUT2D eigenvalue weighted by Crippen LogP contribution is -2.17. The Balaban J connectivity index is 2.20. The maximum absolute atomic E-state index is 10.6. The fraction of sp³-hybridized carbons (Fsp3) is 0.167. The Morgan fingerprint density at radius 2 is 2.22 bits per heavy atom. The van der Waals surface area contributed by atoms with Crippen LogP contribution in [0.2, 0.25) is 0 Å². The van der Waals surface area contributed by atoms with E-state index in [-0.39, 0.29) is 5.69 Å². The first-order valence-corrected chi connectivity index (χ1v) is 5.35. The molecule has 2 aromatic rings. The highest BCUT2D eigenvalue weighted by atomic mass is 16.6. The Morgan fingerprint density at radius 3 is 2.78 bits per heavy atom. The van der Waals surface area contributed by atoms with Crippen molar-refractivity contribution in [3.63, 3.8) is 0 Å². The minimum absolute atomic E-state index is 0.0114. The van der Waals surface area contributed by atoms with Gasteiger partial charge in [-0.05, 0) is 18.2 Å². The van der Waals surface area contributed by atoms with Crippen LogP contribution < -0.4 is 10.6 Å². The molecule has 0 aliphatic heterocycles. The second kappa shape index (κ2) is 4.79. The lowest BCUT2D eigenvalue weighted by molar-refractivity contribution is -0.384. The molecule has 6 nitrogen and oxygen atoms in total. The molecule has 0 unspecified atom stereocenters. The highest BCUT2D eigenvalue weighted by Gasteiger charge is 2.12. The predicted octanol–water partition coefficient (Wildman–Crippen LogP) is 2.41. The zero-order chi connectivity index (χ0) is 13.1. The van der Waals surface area contributed by atoms with E-state index in [1.807, 2.05) is 24.1 Å². The molecule has 94 valence electrons. The molecule has 0 bridgehead atoms. The molecule has 0 saturated carbocycles. The molecule has 0 aliphatic rings. The van der Waals surface area contributed by atoms with E-state index in [1.54, 1.807) is 12.3 Å². The van der Waals surface area contributed by atoms with E-state index < -0.39 is 4.92 Å². The maximum Gasteiger partial charge on any atom is 0.271 e. The molecule has 0 saturated heterocycles. The molecule has 0 spiro atoms. The van der Waals surface area contributed by atoms with E-state index in [9.17, 15) is 10.1 Å². The number of rotatable bonds is 4. The van der Waals surface area contributed by atoms with Gasteiger partial charge in [-0.15, -0.1) is 0 Å². The van der Waals surface area contributed by atoms with Gasteiger partial charge in [0.15, 0.2) is 0 Å². The van der Waals surface area contributed by atoms with Crippen LogP contribution in [0.5, 0.6) is 0 Å². The summed E-state index contributed by atoms with van der Waals surface area (Å²) >= 11 is 0. The maximum atomic E-state index is 10.6. The van der Waals surface area contributed by atoms with Crippen LogP contribution in [0.4, 0.5) is 17.1 Å². The third kappa shape index (κ3) is 2.42. The molecule has 0 atom stereocenters. The molecule has 1 aromatic heterocycles. The van der Waals surface area contributed by atoms with Crippen LogP contribution in [0.3, 0.4) is 0 Å². The largest absolute Gasteiger partial charge is 0.467 e. The Bertz CT molecular complexity index is 552. The van der Waals surface area contributed by atoms with Gasteiger partial charge < -0.3 is 15.1 Å². The molecule has 2 N–H and O–H groups in total. The third-order valence-corrected chi connectivity index (χ3v) is 2.61. The van der Waals surface area contributed by atoms with Crippen LogP contribution >= 0.6 is 0 Å². The van der Waals surface area contributed by atoms with Gasteiger partial charge >= 0.3 is 0 Å². The summed E-state index contributed by atoms with van der Waals surface area (Å²) in [6.07, 6.45) is 1.60. The molecule has 2 rings (SSSR count). The SMILES string of the molecule is CN(Cc1ccco1)c1ccc([N+](=O)[O-])cc1N. The van der Waals surface area contributed by atoms with E-state index in [4.69, 9.17) is 10.2 Å². The van der Waals surface area contributed by atoms with Crippen molar-refractivity contribution in [3.05, 3.63) is 52.5 Å². The summed E-state index contributed by atoms with van der Waals surface area (Å²) in [6.45, 7) is 0.551. The van der Waals surface area contributed by atoms with Crippen LogP contribution in [0, 0.1) is 10.1 Å². The van der Waals surface area contributed by atoms with Gasteiger partial charge in [-0.3, -0.25) is 10.1 Å². The second-order valence-electron chi connectivity index (χ2n) is 3.94. The summed E-state index contributed by atoms with van der Waals surface area (Å²) < 4.78 is 5.24. The molecule has 18 heavy (non-hydrogen) atoms. The lowest BCUT2D eigenvalue weighted by Gasteiger charge is -2.19. The molecule has 0 fully saturated rings. The number of nitro benzene ring substituents is 1. The first-order valence-electron chi connectivity index (χ1n) is 5.35. The van der Waals surface area contributed by atoms with Gasteiger partial charge in [-0.1, -0.05) is 0 Å². The summed E-state index contributed by atoms with van der Waals surface area (Å²) in [5, 5.41) is 10.6. The second-order valence-corrected chi connectivity index (χ2v) is 3.94. The van der Waals surface area contributed by atoms with Gasteiger partial charge in [-0.25, -0.2) is 0 Å². The highest BCUT2D eigenvalue weighted by molar-refractivity contribution is 5.70. The van der Waals surface area contributed by atoms with Gasteiger partial charge in [0.2, 0.25) is 0 Å². The van der Waals surface area contributed by atoms with Crippen molar-refractivity contribution in [1.82, 2.24) is 0 Å². The molecule has 0 amide bonds. The van der Waals surface area contributed by atoms with Crippen molar-refractivity contribution in [3.8, 4) is 0 Å². The van der Waals surface area contributed by atoms with Crippen LogP contribution in [0.1, 0.15) is 5.76 Å². The number of hydrogen-bond acceptors (Lipinski definition) is 5. The molecular formula is C12H13N3O3. The van der Waals surface area contributed by atoms with Gasteiger partial charge in [0.05, 0.1) is 29.1 Å². The summed E-state index contributed by atoms with van der Waals surface area (Å²) in [5.41, 5.74) is 6.91. The topological polar surface area (TPSA) is 85.5 Å². The number of furan rings is 1. The molecule has 1 aromatic carbocycles. The monoisotopic (exact) mass is 247 g/mol. The zero-order valence-electron chi connectivity index (χ0n) is 9.87. The highest BCUT2D eigenvalue weighted by Crippen LogP contribution is 2.27. The molecule has 0 radical (unpaired) electrons. The van der Waals surface area contributed by atoms with Crippen molar-refractivity contribution >= 4 is 17.1 Å². The molecular weight excluding hydrogens is 234 g/mol. The summed E-state index contributed by atoms with van der Waals surface area (Å²) in [4.78, 5) is 12.0. The third-order valence-electron chi connectivity index (χ3n) is 2.61. The predicted molar refractivity (Wildman–Crippen MR) is 68.3 cm³/mol. The van der Waals surface area contributed by atoms with Gasteiger partial charge in [0.25, 0.3) is 5.69 Å². The average molecular weight is 247 g/mol. The smallest absolute Gasteiger partial charge is 0.271 e. The zero-order valence-corrected chi connectivity index (χ0v) is 9.87. The van der Waals surface area contributed by atoms with Crippen molar-refractivity contribution in [2.45, 2.75) is 6.54 Å². The van der Waals surface area contributed by atoms with E-state index in [1.165, 1.54) is 12.1 Å². The van der Waals surface area contributed by atoms with Gasteiger partial charge in [-0.2, -0.15) is 0 Å². The fourth-order valence-electron chi connectivity index (χ4n) is 1.72. The Kier molecular flexibility index (Phi) is 3.18. The number of nitrogens with zero attached hydrogens (tertiary/aromatic N) is 2. The van der Waals surface area contributed by atoms with Crippen molar-refractivity contribution < 1.29 is 9.34 Å². The van der Waals surface area contributed by atoms with E-state index in [0.29, 0.717) is 12.2 Å². The normalized spacial score (nSPS) is 10.3. The number of benzene rings is 1. The van der Waals surface area contributed by atoms with E-state index >= 15 is 0 Å². The summed E-state index contributed by atoms with van der Waals surface area (Å²) in [5.74, 6) is 0.801. The Morgan fingerprint density at radius 1 is 1.44 bits per heavy atom. The molecule has 6 heteroatoms. The van der Waals surface area contributed by atoms with Crippen molar-refractivity contribution in [2.24, 2.45) is 0 Å². The molecule has 0 aliphatic carbocycles. The Hall–Kier alpha value is -2.50. The van der Waals surface area contributed by atoms with Gasteiger partial charge in [0.1, 0.15) is 5.76 Å². The Labute approximate surface area is 104 Å². The quantitative estimate of drug-likeness (QED) is 0.509. The lowest BCUT2D eigenvalue weighted by atomic mass is 10.2. The number of nitro groups is 1. The van der Waals surface area contributed by atoms with E-state index in [0.717, 1.165) is 11.4 Å². The number of anilines is 2. The van der Waals surface area contributed by atoms with Crippen LogP contribution in [-0.4, -0.2) is 12.0 Å². The van der Waals surface area contributed by atoms with Crippen molar-refractivity contribution in [2.75, 3.05) is 17.7 Å². The number of non-ortho nitro benzene ring substituents is 1. The standard InChI is InChI=1S/C12H13N3O3/c1-14(8-10-3-2-6-18-10)12-5-4-9(15(16)17)7-11(12)13/h2-7H,8,13H2,1H3. The van der Waals surface area contributed by atoms with Crippen molar-refractivity contribution in [1.29, 1.82) is 0 Å². The first kappa shape index (κ1) is 12.0. The minimum atomic E-state index is -0.466. The summed E-state index contributed by atoms with van der Waals surface area (Å²) in [7, 11) is 1.85. The van der Waals surface area contributed by atoms with Crippen LogP contribution in [0.25, 0.3) is 0 Å². The minimum Gasteiger partial charge on any atom is -0.467 e.